The van der Waals surface area contributed by atoms with Crippen molar-refractivity contribution >= 4 is 54.8 Å². The van der Waals surface area contributed by atoms with E-state index in [0.717, 1.165) is 18.7 Å². The molecule has 0 aliphatic rings. The highest BCUT2D eigenvalue weighted by molar-refractivity contribution is 9.13. The molecular formula is C12H10Br2ClFN2S. The van der Waals surface area contributed by atoms with Gasteiger partial charge in [0, 0.05) is 14.4 Å². The highest BCUT2D eigenvalue weighted by atomic mass is 79.9. The van der Waals surface area contributed by atoms with E-state index in [2.05, 4.69) is 37.3 Å². The van der Waals surface area contributed by atoms with E-state index in [1.54, 1.807) is 17.4 Å². The number of nitrogens with one attached hydrogen (secondary N) is 1. The van der Waals surface area contributed by atoms with Gasteiger partial charge >= 0.3 is 0 Å². The molecular weight excluding hydrogens is 418 g/mol. The molecule has 1 atom stereocenters. The highest BCUT2D eigenvalue weighted by Crippen LogP contribution is 2.36. The summed E-state index contributed by atoms with van der Waals surface area (Å²) in [5.74, 6) is 5.26. The van der Waals surface area contributed by atoms with Gasteiger partial charge in [-0.2, -0.15) is 0 Å². The number of hydrazine groups is 1. The van der Waals surface area contributed by atoms with Gasteiger partial charge in [-0.25, -0.2) is 4.39 Å². The topological polar surface area (TPSA) is 38.0 Å². The van der Waals surface area contributed by atoms with Crippen molar-refractivity contribution in [1.82, 2.24) is 5.43 Å². The first-order valence-electron chi connectivity index (χ1n) is 5.36. The number of hydrogen-bond donors (Lipinski definition) is 2. The molecule has 0 spiro atoms. The zero-order valence-corrected chi connectivity index (χ0v) is 14.3. The molecule has 2 rings (SSSR count). The molecule has 0 fully saturated rings. The van der Waals surface area contributed by atoms with Crippen LogP contribution in [0.2, 0.25) is 5.02 Å². The van der Waals surface area contributed by atoms with E-state index in [-0.39, 0.29) is 11.9 Å². The highest BCUT2D eigenvalue weighted by Gasteiger charge is 2.16. The quantitative estimate of drug-likeness (QED) is 0.542. The monoisotopic (exact) mass is 426 g/mol. The van der Waals surface area contributed by atoms with Crippen molar-refractivity contribution in [3.05, 3.63) is 53.8 Å². The fourth-order valence-corrected chi connectivity index (χ4v) is 4.08. The summed E-state index contributed by atoms with van der Waals surface area (Å²) in [5, 5.41) is 0.412. The first kappa shape index (κ1) is 15.4. The van der Waals surface area contributed by atoms with Gasteiger partial charge in [0.1, 0.15) is 5.82 Å². The van der Waals surface area contributed by atoms with Crippen molar-refractivity contribution in [3.8, 4) is 0 Å². The number of nitrogens with two attached hydrogens (primary N) is 1. The molecule has 0 saturated heterocycles. The molecule has 2 aromatic rings. The summed E-state index contributed by atoms with van der Waals surface area (Å²) < 4.78 is 15.0. The molecule has 0 aliphatic carbocycles. The second-order valence-corrected chi connectivity index (χ2v) is 7.59. The maximum atomic E-state index is 13.0. The Morgan fingerprint density at radius 2 is 2.11 bits per heavy atom. The van der Waals surface area contributed by atoms with Gasteiger partial charge in [0.25, 0.3) is 0 Å². The number of hydrogen-bond acceptors (Lipinski definition) is 3. The minimum atomic E-state index is -0.340. The normalized spacial score (nSPS) is 12.7. The first-order chi connectivity index (χ1) is 9.01. The second kappa shape index (κ2) is 6.65. The lowest BCUT2D eigenvalue weighted by Gasteiger charge is -2.15. The van der Waals surface area contributed by atoms with Gasteiger partial charge < -0.3 is 0 Å². The van der Waals surface area contributed by atoms with Crippen LogP contribution >= 0.6 is 54.8 Å². The Bertz CT molecular complexity index is 572. The average Bonchev–Trinajstić information content (AvgIpc) is 2.68. The van der Waals surface area contributed by atoms with Crippen LogP contribution in [-0.4, -0.2) is 0 Å². The summed E-state index contributed by atoms with van der Waals surface area (Å²) in [6.45, 7) is 0. The van der Waals surface area contributed by atoms with Gasteiger partial charge in [-0.3, -0.25) is 11.3 Å². The van der Waals surface area contributed by atoms with Crippen LogP contribution in [0.15, 0.2) is 32.5 Å². The van der Waals surface area contributed by atoms with Crippen LogP contribution in [0.5, 0.6) is 0 Å². The lowest BCUT2D eigenvalue weighted by Crippen LogP contribution is -2.29. The summed E-state index contributed by atoms with van der Waals surface area (Å²) >= 11 is 14.5. The molecule has 102 valence electrons. The minimum absolute atomic E-state index is 0.0736. The molecule has 7 heteroatoms. The molecule has 0 amide bonds. The predicted octanol–water partition coefficient (Wildman–Crippen LogP) is 4.81. The van der Waals surface area contributed by atoms with E-state index in [4.69, 9.17) is 17.4 Å². The molecule has 0 radical (unpaired) electrons. The summed E-state index contributed by atoms with van der Waals surface area (Å²) in [6, 6.07) is 6.31. The van der Waals surface area contributed by atoms with E-state index in [1.807, 2.05) is 6.07 Å². The lowest BCUT2D eigenvalue weighted by molar-refractivity contribution is 0.559. The Hall–Kier alpha value is 0.0200. The van der Waals surface area contributed by atoms with Gasteiger partial charge in [-0.05, 0) is 62.0 Å². The second-order valence-electron chi connectivity index (χ2n) is 3.93. The third-order valence-electron chi connectivity index (χ3n) is 2.65. The van der Waals surface area contributed by atoms with E-state index in [1.165, 1.54) is 12.1 Å². The van der Waals surface area contributed by atoms with E-state index in [0.29, 0.717) is 11.4 Å². The van der Waals surface area contributed by atoms with Gasteiger partial charge in [-0.1, -0.05) is 17.7 Å². The lowest BCUT2D eigenvalue weighted by atomic mass is 10.1. The number of halogens is 4. The third kappa shape index (κ3) is 3.77. The summed E-state index contributed by atoms with van der Waals surface area (Å²) in [7, 11) is 0. The average molecular weight is 429 g/mol. The molecule has 1 heterocycles. The molecule has 0 saturated carbocycles. The van der Waals surface area contributed by atoms with Gasteiger partial charge in [-0.15, -0.1) is 11.3 Å². The molecule has 1 aromatic carbocycles. The number of thiophene rings is 1. The van der Waals surface area contributed by atoms with Crippen molar-refractivity contribution in [2.45, 2.75) is 12.5 Å². The standard InChI is InChI=1S/C12H10Br2ClFN2S/c13-8-5-11(19-12(8)14)10(18-17)3-6-1-2-7(16)4-9(6)15/h1-2,4-5,10,18H,3,17H2. The fraction of sp³-hybridized carbons (Fsp3) is 0.167. The van der Waals surface area contributed by atoms with Crippen molar-refractivity contribution < 1.29 is 4.39 Å². The Kier molecular flexibility index (Phi) is 5.39. The van der Waals surface area contributed by atoms with E-state index >= 15 is 0 Å². The third-order valence-corrected chi connectivity index (χ3v) is 6.37. The Morgan fingerprint density at radius 3 is 2.63 bits per heavy atom. The van der Waals surface area contributed by atoms with Crippen LogP contribution < -0.4 is 11.3 Å². The van der Waals surface area contributed by atoms with Crippen molar-refractivity contribution in [2.75, 3.05) is 0 Å². The molecule has 0 bridgehead atoms. The largest absolute Gasteiger partial charge is 0.271 e. The Balaban J connectivity index is 2.23. The first-order valence-corrected chi connectivity index (χ1v) is 8.14. The molecule has 0 aliphatic heterocycles. The van der Waals surface area contributed by atoms with Crippen LogP contribution in [0.25, 0.3) is 0 Å². The van der Waals surface area contributed by atoms with Crippen LogP contribution in [0.4, 0.5) is 4.39 Å². The summed E-state index contributed by atoms with van der Waals surface area (Å²) in [6.07, 6.45) is 0.592. The van der Waals surface area contributed by atoms with Crippen LogP contribution in [0, 0.1) is 5.82 Å². The van der Waals surface area contributed by atoms with Gasteiger partial charge in [0.05, 0.1) is 9.83 Å². The van der Waals surface area contributed by atoms with E-state index < -0.39 is 0 Å². The molecule has 19 heavy (non-hydrogen) atoms. The van der Waals surface area contributed by atoms with Crippen molar-refractivity contribution in [2.24, 2.45) is 5.84 Å². The van der Waals surface area contributed by atoms with E-state index in [9.17, 15) is 4.39 Å². The summed E-state index contributed by atoms with van der Waals surface area (Å²) in [4.78, 5) is 1.07. The zero-order valence-electron chi connectivity index (χ0n) is 9.59. The maximum Gasteiger partial charge on any atom is 0.124 e. The minimum Gasteiger partial charge on any atom is -0.271 e. The van der Waals surface area contributed by atoms with Crippen molar-refractivity contribution in [1.29, 1.82) is 0 Å². The molecule has 1 aromatic heterocycles. The molecule has 3 N–H and O–H groups in total. The zero-order chi connectivity index (χ0) is 14.0. The number of rotatable bonds is 4. The molecule has 2 nitrogen and oxygen atoms in total. The van der Waals surface area contributed by atoms with Crippen molar-refractivity contribution in [3.63, 3.8) is 0 Å². The van der Waals surface area contributed by atoms with Gasteiger partial charge in [0.2, 0.25) is 0 Å². The van der Waals surface area contributed by atoms with Crippen LogP contribution in [-0.2, 0) is 6.42 Å². The summed E-state index contributed by atoms with van der Waals surface area (Å²) in [5.41, 5.74) is 3.62. The van der Waals surface area contributed by atoms with Gasteiger partial charge in [0.15, 0.2) is 0 Å². The Morgan fingerprint density at radius 1 is 1.37 bits per heavy atom. The predicted molar refractivity (Wildman–Crippen MR) is 84.9 cm³/mol. The maximum absolute atomic E-state index is 13.0. The van der Waals surface area contributed by atoms with Crippen LogP contribution in [0.1, 0.15) is 16.5 Å². The SMILES string of the molecule is NNC(Cc1ccc(F)cc1Cl)c1cc(Br)c(Br)s1. The molecule has 1 unspecified atom stereocenters. The Labute approximate surface area is 136 Å². The van der Waals surface area contributed by atoms with Crippen LogP contribution in [0.3, 0.4) is 0 Å². The fourth-order valence-electron chi connectivity index (χ4n) is 1.68. The smallest absolute Gasteiger partial charge is 0.124 e. The number of benzene rings is 1.